The van der Waals surface area contributed by atoms with Gasteiger partial charge in [-0.1, -0.05) is 4.68 Å². The largest absolute Gasteiger partial charge is 0.497 e. The van der Waals surface area contributed by atoms with Crippen molar-refractivity contribution >= 4 is 23.5 Å². The SMILES string of the molecule is CC[n+]1nc(C)sc1/C=C/c1ccc(OC)cc1OC. The van der Waals surface area contributed by atoms with Crippen molar-refractivity contribution in [3.8, 4) is 11.5 Å². The van der Waals surface area contributed by atoms with E-state index in [2.05, 4.69) is 18.1 Å². The van der Waals surface area contributed by atoms with Crippen LogP contribution in [0.15, 0.2) is 18.2 Å². The first kappa shape index (κ1) is 14.5. The molecule has 5 heteroatoms. The number of benzene rings is 1. The summed E-state index contributed by atoms with van der Waals surface area (Å²) in [6, 6.07) is 5.79. The lowest BCUT2D eigenvalue weighted by atomic mass is 10.2. The number of aromatic nitrogens is 2. The zero-order valence-corrected chi connectivity index (χ0v) is 13.0. The lowest BCUT2D eigenvalue weighted by molar-refractivity contribution is -0.747. The van der Waals surface area contributed by atoms with Crippen molar-refractivity contribution in [2.75, 3.05) is 14.2 Å². The van der Waals surface area contributed by atoms with Gasteiger partial charge in [-0.05, 0) is 43.4 Å². The molecule has 20 heavy (non-hydrogen) atoms. The molecule has 106 valence electrons. The predicted octanol–water partition coefficient (Wildman–Crippen LogP) is 2.95. The van der Waals surface area contributed by atoms with Crippen molar-refractivity contribution in [2.45, 2.75) is 20.4 Å². The highest BCUT2D eigenvalue weighted by Crippen LogP contribution is 2.26. The summed E-state index contributed by atoms with van der Waals surface area (Å²) in [5.41, 5.74) is 1.02. The van der Waals surface area contributed by atoms with Gasteiger partial charge in [0.2, 0.25) is 0 Å². The van der Waals surface area contributed by atoms with E-state index in [-0.39, 0.29) is 0 Å². The Labute approximate surface area is 123 Å². The Bertz CT molecular complexity index is 620. The van der Waals surface area contributed by atoms with Crippen LogP contribution in [-0.2, 0) is 6.54 Å². The van der Waals surface area contributed by atoms with Crippen LogP contribution >= 0.6 is 11.3 Å². The Morgan fingerprint density at radius 2 is 2.05 bits per heavy atom. The van der Waals surface area contributed by atoms with Crippen LogP contribution in [-0.4, -0.2) is 19.3 Å². The van der Waals surface area contributed by atoms with Gasteiger partial charge in [0, 0.05) is 22.8 Å². The van der Waals surface area contributed by atoms with Crippen molar-refractivity contribution < 1.29 is 14.2 Å². The highest BCUT2D eigenvalue weighted by atomic mass is 32.1. The third-order valence-corrected chi connectivity index (χ3v) is 3.85. The number of hydrogen-bond acceptors (Lipinski definition) is 4. The summed E-state index contributed by atoms with van der Waals surface area (Å²) in [6.07, 6.45) is 4.11. The summed E-state index contributed by atoms with van der Waals surface area (Å²) >= 11 is 1.68. The van der Waals surface area contributed by atoms with Crippen LogP contribution < -0.4 is 14.2 Å². The molecule has 1 aromatic heterocycles. The van der Waals surface area contributed by atoms with E-state index in [0.717, 1.165) is 33.6 Å². The van der Waals surface area contributed by atoms with Gasteiger partial charge in [-0.3, -0.25) is 0 Å². The van der Waals surface area contributed by atoms with Gasteiger partial charge in [0.15, 0.2) is 11.6 Å². The first-order valence-electron chi connectivity index (χ1n) is 6.45. The average Bonchev–Trinajstić information content (AvgIpc) is 2.85. The molecule has 0 amide bonds. The van der Waals surface area contributed by atoms with Crippen molar-refractivity contribution in [2.24, 2.45) is 0 Å². The molecule has 0 N–H and O–H groups in total. The normalized spacial score (nSPS) is 11.0. The van der Waals surface area contributed by atoms with Gasteiger partial charge in [0.25, 0.3) is 5.01 Å². The minimum atomic E-state index is 0.788. The molecule has 0 radical (unpaired) electrons. The Kier molecular flexibility index (Phi) is 4.74. The van der Waals surface area contributed by atoms with Gasteiger partial charge in [-0.2, -0.15) is 0 Å². The van der Waals surface area contributed by atoms with Crippen LogP contribution in [0.4, 0.5) is 0 Å². The summed E-state index contributed by atoms with van der Waals surface area (Å²) in [5.74, 6) is 1.58. The zero-order chi connectivity index (χ0) is 14.5. The quantitative estimate of drug-likeness (QED) is 0.795. The third kappa shape index (κ3) is 3.17. The summed E-state index contributed by atoms with van der Waals surface area (Å²) in [6.45, 7) is 4.97. The van der Waals surface area contributed by atoms with Gasteiger partial charge in [-0.15, -0.1) is 0 Å². The van der Waals surface area contributed by atoms with E-state index >= 15 is 0 Å². The first-order chi connectivity index (χ1) is 9.67. The molecule has 2 aromatic rings. The first-order valence-corrected chi connectivity index (χ1v) is 7.27. The van der Waals surface area contributed by atoms with Crippen molar-refractivity contribution in [1.29, 1.82) is 0 Å². The molecule has 2 rings (SSSR count). The van der Waals surface area contributed by atoms with E-state index in [1.165, 1.54) is 0 Å². The van der Waals surface area contributed by atoms with Gasteiger partial charge >= 0.3 is 0 Å². The molecule has 0 saturated heterocycles. The maximum absolute atomic E-state index is 5.39. The van der Waals surface area contributed by atoms with Crippen LogP contribution in [0.5, 0.6) is 11.5 Å². The predicted molar refractivity (Wildman–Crippen MR) is 81.2 cm³/mol. The second kappa shape index (κ2) is 6.52. The van der Waals surface area contributed by atoms with Gasteiger partial charge in [0.05, 0.1) is 14.2 Å². The summed E-state index contributed by atoms with van der Waals surface area (Å²) < 4.78 is 12.6. The summed E-state index contributed by atoms with van der Waals surface area (Å²) in [5, 5.41) is 6.63. The average molecular weight is 291 g/mol. The highest BCUT2D eigenvalue weighted by molar-refractivity contribution is 7.11. The van der Waals surface area contributed by atoms with Crippen molar-refractivity contribution in [3.05, 3.63) is 33.8 Å². The molecule has 0 spiro atoms. The lowest BCUT2D eigenvalue weighted by Crippen LogP contribution is -2.36. The monoisotopic (exact) mass is 291 g/mol. The van der Waals surface area contributed by atoms with Gasteiger partial charge in [-0.25, -0.2) is 0 Å². The Morgan fingerprint density at radius 3 is 2.70 bits per heavy atom. The van der Waals surface area contributed by atoms with Gasteiger partial charge < -0.3 is 9.47 Å². The minimum absolute atomic E-state index is 0.788. The third-order valence-electron chi connectivity index (χ3n) is 2.91. The fraction of sp³-hybridized carbons (Fsp3) is 0.333. The Balaban J connectivity index is 2.31. The van der Waals surface area contributed by atoms with Crippen LogP contribution in [0.25, 0.3) is 12.2 Å². The summed E-state index contributed by atoms with van der Waals surface area (Å²) in [7, 11) is 3.31. The number of rotatable bonds is 5. The zero-order valence-electron chi connectivity index (χ0n) is 12.2. The molecular formula is C15H19N2O2S+. The van der Waals surface area contributed by atoms with Gasteiger partial charge in [0.1, 0.15) is 11.5 Å². The van der Waals surface area contributed by atoms with Crippen molar-refractivity contribution in [1.82, 2.24) is 5.10 Å². The maximum atomic E-state index is 5.39. The number of nitrogens with zero attached hydrogens (tertiary/aromatic N) is 2. The molecule has 0 saturated carbocycles. The Hall–Kier alpha value is -1.88. The van der Waals surface area contributed by atoms with Crippen LogP contribution in [0.2, 0.25) is 0 Å². The number of aryl methyl sites for hydroxylation is 2. The molecule has 0 bridgehead atoms. The molecule has 0 unspecified atom stereocenters. The molecule has 1 heterocycles. The highest BCUT2D eigenvalue weighted by Gasteiger charge is 2.13. The molecular weight excluding hydrogens is 272 g/mol. The standard InChI is InChI=1S/C15H19N2O2S/c1-5-17-15(20-11(2)16-17)9-7-12-6-8-13(18-3)10-14(12)19-4/h6-10H,5H2,1-4H3/q+1/b9-7+. The Morgan fingerprint density at radius 1 is 1.25 bits per heavy atom. The van der Waals surface area contributed by atoms with E-state index in [9.17, 15) is 0 Å². The van der Waals surface area contributed by atoms with E-state index in [4.69, 9.17) is 9.47 Å². The minimum Gasteiger partial charge on any atom is -0.497 e. The van der Waals surface area contributed by atoms with Crippen LogP contribution in [0, 0.1) is 6.92 Å². The van der Waals surface area contributed by atoms with Crippen molar-refractivity contribution in [3.63, 3.8) is 0 Å². The fourth-order valence-electron chi connectivity index (χ4n) is 1.91. The molecule has 0 aliphatic heterocycles. The number of methoxy groups -OCH3 is 2. The fourth-order valence-corrected chi connectivity index (χ4v) is 2.76. The van der Waals surface area contributed by atoms with Crippen LogP contribution in [0.1, 0.15) is 22.5 Å². The maximum Gasteiger partial charge on any atom is 0.289 e. The molecule has 4 nitrogen and oxygen atoms in total. The van der Waals surface area contributed by atoms with Crippen LogP contribution in [0.3, 0.4) is 0 Å². The number of hydrogen-bond donors (Lipinski definition) is 0. The molecule has 1 aromatic carbocycles. The lowest BCUT2D eigenvalue weighted by Gasteiger charge is -2.06. The van der Waals surface area contributed by atoms with E-state index in [1.54, 1.807) is 25.6 Å². The second-order valence-electron chi connectivity index (χ2n) is 4.22. The molecule has 0 aliphatic carbocycles. The van der Waals surface area contributed by atoms with E-state index in [0.29, 0.717) is 0 Å². The molecule has 0 fully saturated rings. The summed E-state index contributed by atoms with van der Waals surface area (Å²) in [4.78, 5) is 0. The number of ether oxygens (including phenoxy) is 2. The second-order valence-corrected chi connectivity index (χ2v) is 5.43. The molecule has 0 aliphatic rings. The smallest absolute Gasteiger partial charge is 0.289 e. The molecule has 0 atom stereocenters. The van der Waals surface area contributed by atoms with E-state index in [1.807, 2.05) is 35.9 Å². The topological polar surface area (TPSA) is 35.2 Å². The van der Waals surface area contributed by atoms with E-state index < -0.39 is 0 Å².